The SMILES string of the molecule is N#Cc1c(N)nc(SCc2csc(-c3ccc(Cl)cc3)n2)c(C#N)c1C1CCC(OCCO)CC1. The second kappa shape index (κ2) is 11.9. The van der Waals surface area contributed by atoms with E-state index in [1.165, 1.54) is 11.8 Å². The third-order valence-electron chi connectivity index (χ3n) is 5.98. The smallest absolute Gasteiger partial charge is 0.143 e. The van der Waals surface area contributed by atoms with Crippen molar-refractivity contribution in [3.8, 4) is 22.7 Å². The van der Waals surface area contributed by atoms with Crippen molar-refractivity contribution in [3.63, 3.8) is 0 Å². The third-order valence-corrected chi connectivity index (χ3v) is 8.18. The Morgan fingerprint density at radius 3 is 2.49 bits per heavy atom. The Bertz CT molecular complexity index is 1260. The molecule has 0 spiro atoms. The molecule has 1 aromatic carbocycles. The van der Waals surface area contributed by atoms with Crippen LogP contribution in [0.5, 0.6) is 0 Å². The van der Waals surface area contributed by atoms with E-state index in [4.69, 9.17) is 32.2 Å². The molecular weight excluding hydrogens is 502 g/mol. The summed E-state index contributed by atoms with van der Waals surface area (Å²) in [6, 6.07) is 12.0. The van der Waals surface area contributed by atoms with Crippen molar-refractivity contribution in [2.45, 2.75) is 48.5 Å². The van der Waals surface area contributed by atoms with Crippen LogP contribution in [0, 0.1) is 22.7 Å². The van der Waals surface area contributed by atoms with E-state index in [0.717, 1.165) is 41.9 Å². The molecule has 3 N–H and O–H groups in total. The molecule has 2 aromatic heterocycles. The topological polar surface area (TPSA) is 129 Å². The van der Waals surface area contributed by atoms with Crippen LogP contribution in [0.25, 0.3) is 10.6 Å². The quantitative estimate of drug-likeness (QED) is 0.368. The van der Waals surface area contributed by atoms with Gasteiger partial charge in [0.1, 0.15) is 28.0 Å². The molecule has 1 aliphatic rings. The summed E-state index contributed by atoms with van der Waals surface area (Å²) in [6.07, 6.45) is 3.25. The number of nitriles is 2. The normalized spacial score (nSPS) is 17.6. The lowest BCUT2D eigenvalue weighted by molar-refractivity contribution is 0.00577. The number of benzene rings is 1. The lowest BCUT2D eigenvalue weighted by Gasteiger charge is -2.30. The number of pyridine rings is 1. The average molecular weight is 526 g/mol. The Morgan fingerprint density at radius 1 is 1.11 bits per heavy atom. The summed E-state index contributed by atoms with van der Waals surface area (Å²) in [5.41, 5.74) is 9.48. The minimum absolute atomic E-state index is 0.00125. The van der Waals surface area contributed by atoms with Crippen LogP contribution in [0.1, 0.15) is 54.0 Å². The first-order chi connectivity index (χ1) is 17.0. The molecule has 0 saturated heterocycles. The number of nitrogens with two attached hydrogens (primary N) is 1. The maximum absolute atomic E-state index is 10.1. The van der Waals surface area contributed by atoms with Crippen molar-refractivity contribution in [1.29, 1.82) is 10.5 Å². The van der Waals surface area contributed by atoms with Crippen LogP contribution in [0.4, 0.5) is 5.82 Å². The lowest BCUT2D eigenvalue weighted by Crippen LogP contribution is -2.23. The number of thioether (sulfide) groups is 1. The van der Waals surface area contributed by atoms with E-state index >= 15 is 0 Å². The summed E-state index contributed by atoms with van der Waals surface area (Å²) in [7, 11) is 0. The lowest BCUT2D eigenvalue weighted by atomic mass is 9.79. The van der Waals surface area contributed by atoms with Gasteiger partial charge in [0, 0.05) is 21.7 Å². The molecule has 35 heavy (non-hydrogen) atoms. The number of nitrogen functional groups attached to an aromatic ring is 1. The highest BCUT2D eigenvalue weighted by molar-refractivity contribution is 7.98. The molecule has 0 bridgehead atoms. The van der Waals surface area contributed by atoms with Crippen LogP contribution in [-0.4, -0.2) is 34.4 Å². The van der Waals surface area contributed by atoms with Gasteiger partial charge in [-0.3, -0.25) is 0 Å². The van der Waals surface area contributed by atoms with E-state index < -0.39 is 0 Å². The van der Waals surface area contributed by atoms with E-state index in [9.17, 15) is 10.5 Å². The van der Waals surface area contributed by atoms with Gasteiger partial charge in [-0.25, -0.2) is 9.97 Å². The van der Waals surface area contributed by atoms with E-state index in [1.807, 2.05) is 29.6 Å². The number of anilines is 1. The minimum Gasteiger partial charge on any atom is -0.394 e. The first-order valence-corrected chi connectivity index (χ1v) is 13.5. The fraction of sp³-hybridized carbons (Fsp3) is 0.360. The van der Waals surface area contributed by atoms with Crippen molar-refractivity contribution in [2.24, 2.45) is 0 Å². The van der Waals surface area contributed by atoms with E-state index in [1.54, 1.807) is 11.3 Å². The van der Waals surface area contributed by atoms with Gasteiger partial charge in [-0.15, -0.1) is 11.3 Å². The number of hydrogen-bond donors (Lipinski definition) is 2. The van der Waals surface area contributed by atoms with Gasteiger partial charge in [0.15, 0.2) is 0 Å². The minimum atomic E-state index is -0.00125. The fourth-order valence-corrected chi connectivity index (χ4v) is 6.27. The van der Waals surface area contributed by atoms with Gasteiger partial charge < -0.3 is 15.6 Å². The summed E-state index contributed by atoms with van der Waals surface area (Å²) < 4.78 is 5.67. The predicted octanol–water partition coefficient (Wildman–Crippen LogP) is 5.51. The highest BCUT2D eigenvalue weighted by Crippen LogP contribution is 2.41. The average Bonchev–Trinajstić information content (AvgIpc) is 3.35. The Balaban J connectivity index is 1.54. The molecular formula is C25H24ClN5O2S2. The molecule has 1 saturated carbocycles. The number of hydrogen-bond acceptors (Lipinski definition) is 9. The number of halogens is 1. The van der Waals surface area contributed by atoms with Crippen molar-refractivity contribution < 1.29 is 9.84 Å². The molecule has 0 radical (unpaired) electrons. The zero-order chi connectivity index (χ0) is 24.8. The summed E-state index contributed by atoms with van der Waals surface area (Å²) in [4.78, 5) is 9.13. The largest absolute Gasteiger partial charge is 0.394 e. The maximum Gasteiger partial charge on any atom is 0.143 e. The zero-order valence-corrected chi connectivity index (χ0v) is 21.3. The van der Waals surface area contributed by atoms with Crippen LogP contribution in [-0.2, 0) is 10.5 Å². The second-order valence-electron chi connectivity index (χ2n) is 8.20. The van der Waals surface area contributed by atoms with Crippen LogP contribution >= 0.6 is 34.7 Å². The molecule has 2 heterocycles. The molecule has 0 unspecified atom stereocenters. The summed E-state index contributed by atoms with van der Waals surface area (Å²) in [5, 5.41) is 32.9. The Morgan fingerprint density at radius 2 is 1.83 bits per heavy atom. The van der Waals surface area contributed by atoms with Gasteiger partial charge in [0.05, 0.1) is 36.1 Å². The van der Waals surface area contributed by atoms with Gasteiger partial charge in [-0.1, -0.05) is 35.5 Å². The van der Waals surface area contributed by atoms with Crippen LogP contribution in [0.2, 0.25) is 5.02 Å². The van der Waals surface area contributed by atoms with Gasteiger partial charge in [0.2, 0.25) is 0 Å². The Kier molecular flexibility index (Phi) is 8.61. The molecule has 7 nitrogen and oxygen atoms in total. The van der Waals surface area contributed by atoms with Crippen molar-refractivity contribution >= 4 is 40.5 Å². The first kappa shape index (κ1) is 25.4. The van der Waals surface area contributed by atoms with Crippen LogP contribution in [0.3, 0.4) is 0 Å². The summed E-state index contributed by atoms with van der Waals surface area (Å²) >= 11 is 8.93. The number of nitrogens with zero attached hydrogens (tertiary/aromatic N) is 4. The predicted molar refractivity (Wildman–Crippen MR) is 138 cm³/mol. The van der Waals surface area contributed by atoms with E-state index in [-0.39, 0.29) is 24.4 Å². The number of thiazole rings is 1. The number of aliphatic hydroxyl groups excluding tert-OH is 1. The molecule has 3 aromatic rings. The highest BCUT2D eigenvalue weighted by Gasteiger charge is 2.30. The third kappa shape index (κ3) is 5.95. The standard InChI is InChI=1S/C25H24ClN5O2S2/c26-17-5-1-16(2-6-17)24-30-18(13-34-24)14-35-25-21(12-28)22(20(11-27)23(29)31-25)15-3-7-19(8-4-15)33-10-9-32/h1-2,5-6,13,15,19,32H,3-4,7-10,14H2,(H2,29,31). The van der Waals surface area contributed by atoms with Gasteiger partial charge >= 0.3 is 0 Å². The van der Waals surface area contributed by atoms with Crippen LogP contribution in [0.15, 0.2) is 34.7 Å². The Labute approximate surface area is 217 Å². The fourth-order valence-electron chi connectivity index (χ4n) is 4.32. The molecule has 0 amide bonds. The van der Waals surface area contributed by atoms with Crippen molar-refractivity contribution in [2.75, 3.05) is 18.9 Å². The number of aliphatic hydroxyl groups is 1. The molecule has 180 valence electrons. The summed E-state index contributed by atoms with van der Waals surface area (Å²) in [6.45, 7) is 0.320. The number of aromatic nitrogens is 2. The number of ether oxygens (including phenoxy) is 1. The van der Waals surface area contributed by atoms with Crippen molar-refractivity contribution in [3.05, 3.63) is 57.1 Å². The Hall–Kier alpha value is -2.66. The second-order valence-corrected chi connectivity index (χ2v) is 10.5. The molecule has 0 aliphatic heterocycles. The van der Waals surface area contributed by atoms with Crippen molar-refractivity contribution in [1.82, 2.24) is 9.97 Å². The molecule has 1 fully saturated rings. The van der Waals surface area contributed by atoms with E-state index in [0.29, 0.717) is 39.1 Å². The summed E-state index contributed by atoms with van der Waals surface area (Å²) in [5.74, 6) is 0.717. The van der Waals surface area contributed by atoms with Gasteiger partial charge in [-0.2, -0.15) is 10.5 Å². The molecule has 4 rings (SSSR count). The monoisotopic (exact) mass is 525 g/mol. The first-order valence-electron chi connectivity index (χ1n) is 11.2. The highest BCUT2D eigenvalue weighted by atomic mass is 35.5. The molecule has 10 heteroatoms. The van der Waals surface area contributed by atoms with Crippen LogP contribution < -0.4 is 5.73 Å². The van der Waals surface area contributed by atoms with Gasteiger partial charge in [0.25, 0.3) is 0 Å². The molecule has 0 atom stereocenters. The van der Waals surface area contributed by atoms with Gasteiger partial charge in [-0.05, 0) is 49.3 Å². The zero-order valence-electron chi connectivity index (χ0n) is 18.9. The maximum atomic E-state index is 10.1. The molecule has 1 aliphatic carbocycles. The number of rotatable bonds is 8. The van der Waals surface area contributed by atoms with E-state index in [2.05, 4.69) is 17.1 Å².